The number of nitrogens with two attached hydrogens (primary N) is 1. The summed E-state index contributed by atoms with van der Waals surface area (Å²) in [7, 11) is 3.48. The summed E-state index contributed by atoms with van der Waals surface area (Å²) in [6.45, 7) is 3.62. The minimum absolute atomic E-state index is 0.271. The van der Waals surface area contributed by atoms with Crippen LogP contribution in [0.1, 0.15) is 25.6 Å². The zero-order valence-corrected chi connectivity index (χ0v) is 16.1. The summed E-state index contributed by atoms with van der Waals surface area (Å²) in [6.07, 6.45) is 3.33. The Hall–Kier alpha value is -3.08. The molecule has 0 bridgehead atoms. The van der Waals surface area contributed by atoms with E-state index in [2.05, 4.69) is 16.0 Å². The second-order valence-corrected chi connectivity index (χ2v) is 6.24. The average molecular weight is 366 g/mol. The van der Waals surface area contributed by atoms with Crippen LogP contribution in [0.4, 0.5) is 5.69 Å². The van der Waals surface area contributed by atoms with Crippen molar-refractivity contribution in [2.45, 2.75) is 25.9 Å². The molecule has 1 aromatic carbocycles. The molecule has 27 heavy (non-hydrogen) atoms. The van der Waals surface area contributed by atoms with Crippen LogP contribution >= 0.6 is 0 Å². The van der Waals surface area contributed by atoms with Gasteiger partial charge in [-0.3, -0.25) is 9.78 Å². The lowest BCUT2D eigenvalue weighted by atomic mass is 10.1. The van der Waals surface area contributed by atoms with Crippen molar-refractivity contribution >= 4 is 11.6 Å². The maximum Gasteiger partial charge on any atom is 0.257 e. The van der Waals surface area contributed by atoms with Gasteiger partial charge < -0.3 is 20.7 Å². The lowest BCUT2D eigenvalue weighted by Gasteiger charge is -2.16. The molecule has 0 aliphatic carbocycles. The van der Waals surface area contributed by atoms with Crippen molar-refractivity contribution < 1.29 is 9.53 Å². The highest BCUT2D eigenvalue weighted by Crippen LogP contribution is 2.15. The molecule has 1 aromatic heterocycles. The third-order valence-electron chi connectivity index (χ3n) is 4.06. The Kier molecular flexibility index (Phi) is 7.17. The maximum atomic E-state index is 12.7. The number of amides is 1. The van der Waals surface area contributed by atoms with E-state index in [4.69, 9.17) is 10.5 Å². The number of anilines is 1. The Morgan fingerprint density at radius 3 is 2.52 bits per heavy atom. The van der Waals surface area contributed by atoms with Crippen LogP contribution in [0.25, 0.3) is 0 Å². The Labute approximate surface area is 160 Å². The zero-order chi connectivity index (χ0) is 19.8. The van der Waals surface area contributed by atoms with E-state index in [0.717, 1.165) is 11.4 Å². The molecule has 0 aliphatic rings. The monoisotopic (exact) mass is 366 g/mol. The number of nitrogens with zero attached hydrogens (tertiary/aromatic N) is 2. The Balaban J connectivity index is 2.14. The number of hydrogen-bond acceptors (Lipinski definition) is 5. The van der Waals surface area contributed by atoms with E-state index >= 15 is 0 Å². The molecule has 2 aromatic rings. The number of rotatable bonds is 7. The number of methoxy groups -OCH3 is 1. The number of carbonyl (C=O) groups excluding carboxylic acids is 1. The van der Waals surface area contributed by atoms with E-state index in [-0.39, 0.29) is 11.9 Å². The second-order valence-electron chi connectivity index (χ2n) is 6.24. The van der Waals surface area contributed by atoms with Crippen molar-refractivity contribution in [3.8, 4) is 5.75 Å². The number of nitrogens with one attached hydrogen (secondary N) is 1. The lowest BCUT2D eigenvalue weighted by Crippen LogP contribution is -2.34. The molecule has 2 rings (SSSR count). The molecule has 1 heterocycles. The molecule has 0 spiro atoms. The van der Waals surface area contributed by atoms with Gasteiger partial charge in [0.15, 0.2) is 0 Å². The quantitative estimate of drug-likeness (QED) is 0.582. The number of aromatic nitrogens is 1. The first-order chi connectivity index (χ1) is 12.9. The molecule has 6 nitrogen and oxygen atoms in total. The fraction of sp³-hybridized carbons (Fsp3) is 0.286. The van der Waals surface area contributed by atoms with E-state index in [1.165, 1.54) is 0 Å². The third kappa shape index (κ3) is 5.71. The van der Waals surface area contributed by atoms with Crippen LogP contribution in [-0.4, -0.2) is 31.1 Å². The third-order valence-corrected chi connectivity index (χ3v) is 4.06. The second kappa shape index (κ2) is 9.57. The highest BCUT2D eigenvalue weighted by atomic mass is 16.5. The van der Waals surface area contributed by atoms with Crippen LogP contribution in [0, 0.1) is 0 Å². The van der Waals surface area contributed by atoms with E-state index in [1.807, 2.05) is 61.3 Å². The van der Waals surface area contributed by atoms with Crippen molar-refractivity contribution in [2.24, 2.45) is 5.73 Å². The number of ether oxygens (including phenoxy) is 1. The molecule has 6 heteroatoms. The van der Waals surface area contributed by atoms with Gasteiger partial charge in [-0.05, 0) is 38.1 Å². The molecule has 0 aliphatic heterocycles. The van der Waals surface area contributed by atoms with Crippen LogP contribution in [-0.2, 0) is 4.79 Å². The molecule has 1 unspecified atom stereocenters. The molecular formula is C21H26N4O2. The molecule has 0 radical (unpaired) electrons. The summed E-state index contributed by atoms with van der Waals surface area (Å²) in [5.74, 6) is 0.396. The Morgan fingerprint density at radius 1 is 1.26 bits per heavy atom. The summed E-state index contributed by atoms with van der Waals surface area (Å²) in [4.78, 5) is 18.8. The Bertz CT molecular complexity index is 810. The van der Waals surface area contributed by atoms with Gasteiger partial charge in [0.2, 0.25) is 0 Å². The molecule has 0 fully saturated rings. The standard InChI is InChI=1S/C21H26N4O2/c1-15(22)19(12-13-25(3)17-8-6-5-7-9-17)21(26)24-16(2)20-11-10-18(27-4)14-23-20/h5-11,13-16H,22H2,1-4H3,(H,24,26)/t12?,15?,16-/m1/s1. The number of hydrogen-bond donors (Lipinski definition) is 2. The topological polar surface area (TPSA) is 80.5 Å². The first-order valence-electron chi connectivity index (χ1n) is 8.73. The van der Waals surface area contributed by atoms with Gasteiger partial charge in [0, 0.05) is 25.0 Å². The van der Waals surface area contributed by atoms with Crippen LogP contribution in [0.15, 0.2) is 66.2 Å². The lowest BCUT2D eigenvalue weighted by molar-refractivity contribution is -0.118. The summed E-state index contributed by atoms with van der Waals surface area (Å²) >= 11 is 0. The van der Waals surface area contributed by atoms with Crippen molar-refractivity contribution in [2.75, 3.05) is 19.1 Å². The van der Waals surface area contributed by atoms with Gasteiger partial charge in [-0.1, -0.05) is 23.9 Å². The maximum absolute atomic E-state index is 12.7. The predicted molar refractivity (Wildman–Crippen MR) is 107 cm³/mol. The minimum atomic E-state index is -0.457. The van der Waals surface area contributed by atoms with Crippen LogP contribution in [0.2, 0.25) is 0 Å². The normalized spacial score (nSPS) is 12.3. The highest BCUT2D eigenvalue weighted by molar-refractivity contribution is 5.94. The molecule has 0 saturated carbocycles. The summed E-state index contributed by atoms with van der Waals surface area (Å²) in [5.41, 5.74) is 11.1. The predicted octanol–water partition coefficient (Wildman–Crippen LogP) is 2.79. The molecule has 142 valence electrons. The van der Waals surface area contributed by atoms with Crippen molar-refractivity contribution in [1.29, 1.82) is 0 Å². The van der Waals surface area contributed by atoms with Crippen LogP contribution in [0.5, 0.6) is 5.75 Å². The van der Waals surface area contributed by atoms with E-state index in [1.54, 1.807) is 26.4 Å². The number of benzene rings is 1. The first-order valence-corrected chi connectivity index (χ1v) is 8.73. The highest BCUT2D eigenvalue weighted by Gasteiger charge is 2.17. The van der Waals surface area contributed by atoms with Gasteiger partial charge in [0.25, 0.3) is 5.91 Å². The number of pyridine rings is 1. The van der Waals surface area contributed by atoms with Gasteiger partial charge in [0.1, 0.15) is 5.75 Å². The SMILES string of the molecule is COc1ccc([C@@H](C)NC(=O)C(=C=CN(C)c2ccccc2)C(C)N)nc1. The number of para-hydroxylation sites is 1. The van der Waals surface area contributed by atoms with Gasteiger partial charge in [0.05, 0.1) is 30.6 Å². The molecule has 0 saturated heterocycles. The summed E-state index contributed by atoms with van der Waals surface area (Å²) in [6, 6.07) is 12.7. The minimum Gasteiger partial charge on any atom is -0.495 e. The van der Waals surface area contributed by atoms with Crippen molar-refractivity contribution in [3.63, 3.8) is 0 Å². The molecular weight excluding hydrogens is 340 g/mol. The van der Waals surface area contributed by atoms with E-state index in [0.29, 0.717) is 11.3 Å². The molecule has 2 atom stereocenters. The van der Waals surface area contributed by atoms with Gasteiger partial charge in [-0.15, -0.1) is 0 Å². The fourth-order valence-electron chi connectivity index (χ4n) is 2.42. The van der Waals surface area contributed by atoms with Crippen LogP contribution < -0.4 is 20.7 Å². The van der Waals surface area contributed by atoms with Crippen molar-refractivity contribution in [3.05, 3.63) is 71.9 Å². The average Bonchev–Trinajstić information content (AvgIpc) is 2.68. The largest absolute Gasteiger partial charge is 0.495 e. The van der Waals surface area contributed by atoms with Crippen molar-refractivity contribution in [1.82, 2.24) is 10.3 Å². The van der Waals surface area contributed by atoms with Gasteiger partial charge in [-0.25, -0.2) is 0 Å². The first kappa shape index (κ1) is 20.2. The summed E-state index contributed by atoms with van der Waals surface area (Å²) in [5, 5.41) is 2.92. The number of carbonyl (C=O) groups is 1. The van der Waals surface area contributed by atoms with Crippen LogP contribution in [0.3, 0.4) is 0 Å². The van der Waals surface area contributed by atoms with E-state index in [9.17, 15) is 4.79 Å². The van der Waals surface area contributed by atoms with E-state index < -0.39 is 6.04 Å². The molecule has 3 N–H and O–H groups in total. The smallest absolute Gasteiger partial charge is 0.257 e. The Morgan fingerprint density at radius 2 is 1.96 bits per heavy atom. The van der Waals surface area contributed by atoms with Gasteiger partial charge >= 0.3 is 0 Å². The van der Waals surface area contributed by atoms with Gasteiger partial charge in [-0.2, -0.15) is 0 Å². The zero-order valence-electron chi connectivity index (χ0n) is 16.1. The molecule has 1 amide bonds. The summed E-state index contributed by atoms with van der Waals surface area (Å²) < 4.78 is 5.10. The fourth-order valence-corrected chi connectivity index (χ4v) is 2.42.